The lowest BCUT2D eigenvalue weighted by Gasteiger charge is -2.33. The van der Waals surface area contributed by atoms with Crippen LogP contribution in [0.15, 0.2) is 24.3 Å². The summed E-state index contributed by atoms with van der Waals surface area (Å²) in [4.78, 5) is 17.3. The van der Waals surface area contributed by atoms with Gasteiger partial charge < -0.3 is 4.90 Å². The van der Waals surface area contributed by atoms with E-state index >= 15 is 0 Å². The third-order valence-electron chi connectivity index (χ3n) is 5.86. The highest BCUT2D eigenvalue weighted by atomic mass is 16.2. The zero-order valence-electron chi connectivity index (χ0n) is 13.3. The molecule has 2 aliphatic heterocycles. The molecule has 1 atom stereocenters. The highest BCUT2D eigenvalue weighted by Crippen LogP contribution is 2.29. The molecule has 1 aromatic carbocycles. The van der Waals surface area contributed by atoms with Gasteiger partial charge in [-0.3, -0.25) is 9.69 Å². The third kappa shape index (κ3) is 2.67. The molecule has 0 bridgehead atoms. The van der Waals surface area contributed by atoms with Crippen molar-refractivity contribution in [1.29, 1.82) is 0 Å². The molecule has 0 radical (unpaired) electrons. The van der Waals surface area contributed by atoms with Gasteiger partial charge >= 0.3 is 0 Å². The maximum absolute atomic E-state index is 12.6. The number of carbonyl (C=O) groups is 1. The summed E-state index contributed by atoms with van der Waals surface area (Å²) in [6, 6.07) is 9.38. The fraction of sp³-hybridized carbons (Fsp3) is 0.632. The van der Waals surface area contributed by atoms with Crippen LogP contribution in [-0.4, -0.2) is 41.4 Å². The molecule has 3 aliphatic rings. The number of likely N-dealkylation sites (tertiary alicyclic amines) is 1. The quantitative estimate of drug-likeness (QED) is 0.838. The number of hydrogen-bond acceptors (Lipinski definition) is 2. The molecule has 1 aliphatic carbocycles. The number of amides is 1. The van der Waals surface area contributed by atoms with Crippen LogP contribution < -0.4 is 0 Å². The van der Waals surface area contributed by atoms with Gasteiger partial charge in [0.1, 0.15) is 0 Å². The van der Waals surface area contributed by atoms with Crippen LogP contribution in [0.3, 0.4) is 0 Å². The van der Waals surface area contributed by atoms with Crippen molar-refractivity contribution in [2.75, 3.05) is 19.6 Å². The monoisotopic (exact) mass is 298 g/mol. The minimum atomic E-state index is 0.334. The van der Waals surface area contributed by atoms with Crippen LogP contribution in [0, 0.1) is 5.92 Å². The van der Waals surface area contributed by atoms with Crippen LogP contribution in [-0.2, 0) is 17.8 Å². The van der Waals surface area contributed by atoms with Crippen LogP contribution in [0.4, 0.5) is 0 Å². The van der Waals surface area contributed by atoms with E-state index < -0.39 is 0 Å². The van der Waals surface area contributed by atoms with E-state index in [4.69, 9.17) is 0 Å². The van der Waals surface area contributed by atoms with Gasteiger partial charge in [0.2, 0.25) is 5.91 Å². The van der Waals surface area contributed by atoms with Crippen molar-refractivity contribution in [2.45, 2.75) is 51.1 Å². The van der Waals surface area contributed by atoms with Gasteiger partial charge in [-0.1, -0.05) is 37.1 Å². The SMILES string of the molecule is O=C(C1CCCC1)N1CC[C@@H](N2CCc3ccccc3C2)C1. The van der Waals surface area contributed by atoms with Crippen LogP contribution in [0.5, 0.6) is 0 Å². The lowest BCUT2D eigenvalue weighted by Crippen LogP contribution is -2.42. The summed E-state index contributed by atoms with van der Waals surface area (Å²) in [6.45, 7) is 4.13. The van der Waals surface area contributed by atoms with E-state index in [9.17, 15) is 4.79 Å². The van der Waals surface area contributed by atoms with Crippen LogP contribution >= 0.6 is 0 Å². The second kappa shape index (κ2) is 6.04. The molecular formula is C19H26N2O. The topological polar surface area (TPSA) is 23.6 Å². The Balaban J connectivity index is 1.38. The van der Waals surface area contributed by atoms with Gasteiger partial charge in [-0.15, -0.1) is 0 Å². The predicted octanol–water partition coefficient (Wildman–Crippen LogP) is 2.84. The van der Waals surface area contributed by atoms with Crippen LogP contribution in [0.1, 0.15) is 43.2 Å². The normalized spacial score (nSPS) is 26.4. The largest absolute Gasteiger partial charge is 0.341 e. The molecule has 1 saturated heterocycles. The predicted molar refractivity (Wildman–Crippen MR) is 87.5 cm³/mol. The molecule has 0 spiro atoms. The van der Waals surface area contributed by atoms with Crippen LogP contribution in [0.25, 0.3) is 0 Å². The van der Waals surface area contributed by atoms with E-state index in [0.717, 1.165) is 51.9 Å². The molecule has 1 aromatic rings. The van der Waals surface area contributed by atoms with E-state index in [1.54, 1.807) is 0 Å². The van der Waals surface area contributed by atoms with Crippen molar-refractivity contribution in [3.05, 3.63) is 35.4 Å². The van der Waals surface area contributed by atoms with Crippen molar-refractivity contribution in [3.8, 4) is 0 Å². The molecule has 2 heterocycles. The Morgan fingerprint density at radius 3 is 2.59 bits per heavy atom. The van der Waals surface area contributed by atoms with Gasteiger partial charge in [-0.05, 0) is 36.8 Å². The lowest BCUT2D eigenvalue weighted by molar-refractivity contribution is -0.134. The number of nitrogens with zero attached hydrogens (tertiary/aromatic N) is 2. The lowest BCUT2D eigenvalue weighted by atomic mass is 9.98. The molecule has 22 heavy (non-hydrogen) atoms. The summed E-state index contributed by atoms with van der Waals surface area (Å²) in [7, 11) is 0. The smallest absolute Gasteiger partial charge is 0.225 e. The molecule has 0 unspecified atom stereocenters. The maximum Gasteiger partial charge on any atom is 0.225 e. The second-order valence-corrected chi connectivity index (χ2v) is 7.20. The average molecular weight is 298 g/mol. The molecule has 4 rings (SSSR count). The maximum atomic E-state index is 12.6. The standard InChI is InChI=1S/C19H26N2O/c22-19(16-6-2-3-7-16)21-12-10-18(14-21)20-11-9-15-5-1-4-8-17(15)13-20/h1,4-5,8,16,18H,2-3,6-7,9-14H2/t18-/m1/s1. The highest BCUT2D eigenvalue weighted by Gasteiger charge is 2.35. The molecule has 1 amide bonds. The highest BCUT2D eigenvalue weighted by molar-refractivity contribution is 5.79. The van der Waals surface area contributed by atoms with Gasteiger partial charge in [0, 0.05) is 38.1 Å². The first-order chi connectivity index (χ1) is 10.8. The molecule has 0 N–H and O–H groups in total. The Morgan fingerprint density at radius 2 is 1.77 bits per heavy atom. The first kappa shape index (κ1) is 14.3. The summed E-state index contributed by atoms with van der Waals surface area (Å²) >= 11 is 0. The summed E-state index contributed by atoms with van der Waals surface area (Å²) in [5.41, 5.74) is 2.99. The summed E-state index contributed by atoms with van der Waals surface area (Å²) in [6.07, 6.45) is 7.05. The van der Waals surface area contributed by atoms with Gasteiger partial charge in [0.05, 0.1) is 0 Å². The van der Waals surface area contributed by atoms with Gasteiger partial charge in [-0.25, -0.2) is 0 Å². The third-order valence-corrected chi connectivity index (χ3v) is 5.86. The molecule has 0 aromatic heterocycles. The molecule has 3 heteroatoms. The summed E-state index contributed by atoms with van der Waals surface area (Å²) in [5, 5.41) is 0. The zero-order valence-corrected chi connectivity index (χ0v) is 13.3. The first-order valence-electron chi connectivity index (χ1n) is 8.91. The Morgan fingerprint density at radius 1 is 1.00 bits per heavy atom. The number of hydrogen-bond donors (Lipinski definition) is 0. The Labute approximate surface area is 133 Å². The van der Waals surface area contributed by atoms with E-state index in [2.05, 4.69) is 34.1 Å². The van der Waals surface area contributed by atoms with E-state index in [-0.39, 0.29) is 0 Å². The Hall–Kier alpha value is -1.35. The fourth-order valence-corrected chi connectivity index (χ4v) is 4.50. The summed E-state index contributed by atoms with van der Waals surface area (Å²) in [5.74, 6) is 0.776. The number of fused-ring (bicyclic) bond motifs is 1. The molecule has 1 saturated carbocycles. The van der Waals surface area contributed by atoms with Crippen molar-refractivity contribution < 1.29 is 4.79 Å². The Kier molecular flexibility index (Phi) is 3.91. The molecular weight excluding hydrogens is 272 g/mol. The van der Waals surface area contributed by atoms with E-state index in [1.165, 1.54) is 24.0 Å². The first-order valence-corrected chi connectivity index (χ1v) is 8.91. The average Bonchev–Trinajstić information content (AvgIpc) is 3.25. The fourth-order valence-electron chi connectivity index (χ4n) is 4.50. The van der Waals surface area contributed by atoms with E-state index in [1.807, 2.05) is 0 Å². The molecule has 3 nitrogen and oxygen atoms in total. The van der Waals surface area contributed by atoms with Crippen molar-refractivity contribution >= 4 is 5.91 Å². The zero-order chi connectivity index (χ0) is 14.9. The number of benzene rings is 1. The number of rotatable bonds is 2. The Bertz CT molecular complexity index is 550. The van der Waals surface area contributed by atoms with Crippen LogP contribution in [0.2, 0.25) is 0 Å². The van der Waals surface area contributed by atoms with Gasteiger partial charge in [0.25, 0.3) is 0 Å². The minimum Gasteiger partial charge on any atom is -0.341 e. The van der Waals surface area contributed by atoms with Crippen molar-refractivity contribution in [3.63, 3.8) is 0 Å². The second-order valence-electron chi connectivity index (χ2n) is 7.20. The van der Waals surface area contributed by atoms with Gasteiger partial charge in [-0.2, -0.15) is 0 Å². The summed E-state index contributed by atoms with van der Waals surface area (Å²) < 4.78 is 0. The minimum absolute atomic E-state index is 0.334. The molecule has 118 valence electrons. The van der Waals surface area contributed by atoms with E-state index in [0.29, 0.717) is 17.9 Å². The van der Waals surface area contributed by atoms with Crippen molar-refractivity contribution in [2.24, 2.45) is 5.92 Å². The van der Waals surface area contributed by atoms with Crippen molar-refractivity contribution in [1.82, 2.24) is 9.80 Å². The van der Waals surface area contributed by atoms with Gasteiger partial charge in [0.15, 0.2) is 0 Å². The molecule has 2 fully saturated rings. The number of carbonyl (C=O) groups excluding carboxylic acids is 1.